The second-order valence-corrected chi connectivity index (χ2v) is 6.64. The van der Waals surface area contributed by atoms with Gasteiger partial charge < -0.3 is 10.1 Å². The summed E-state index contributed by atoms with van der Waals surface area (Å²) in [4.78, 5) is 47.6. The van der Waals surface area contributed by atoms with Gasteiger partial charge in [0.1, 0.15) is 6.04 Å². The lowest BCUT2D eigenvalue weighted by Gasteiger charge is -2.14. The van der Waals surface area contributed by atoms with E-state index >= 15 is 0 Å². The lowest BCUT2D eigenvalue weighted by atomic mass is 10.2. The molecule has 0 bridgehead atoms. The fraction of sp³-hybridized carbons (Fsp3) is 0.158. The highest BCUT2D eigenvalue weighted by molar-refractivity contribution is 6.33. The first-order valence-corrected chi connectivity index (χ1v) is 9.10. The second kappa shape index (κ2) is 10.4. The summed E-state index contributed by atoms with van der Waals surface area (Å²) in [7, 11) is 0. The molecule has 0 aromatic heterocycles. The molecule has 0 saturated carbocycles. The van der Waals surface area contributed by atoms with Gasteiger partial charge in [0.2, 0.25) is 0 Å². The van der Waals surface area contributed by atoms with Gasteiger partial charge in [0.15, 0.2) is 6.61 Å². The topological polar surface area (TPSA) is 114 Å². The average Bonchev–Trinajstić information content (AvgIpc) is 2.70. The Balaban J connectivity index is 1.75. The molecule has 29 heavy (non-hydrogen) atoms. The molecule has 3 N–H and O–H groups in total. The predicted octanol–water partition coefficient (Wildman–Crippen LogP) is 2.12. The monoisotopic (exact) mass is 437 g/mol. The molecule has 3 amide bonds. The van der Waals surface area contributed by atoms with E-state index in [0.717, 1.165) is 0 Å². The Bertz CT molecular complexity index is 918. The average molecular weight is 438 g/mol. The molecule has 0 fully saturated rings. The van der Waals surface area contributed by atoms with Crippen molar-refractivity contribution in [2.24, 2.45) is 0 Å². The summed E-state index contributed by atoms with van der Waals surface area (Å²) in [6.45, 7) is 0.753. The van der Waals surface area contributed by atoms with Gasteiger partial charge in [-0.05, 0) is 43.3 Å². The second-order valence-electron chi connectivity index (χ2n) is 5.79. The van der Waals surface area contributed by atoms with Crippen molar-refractivity contribution in [2.45, 2.75) is 13.0 Å². The normalized spacial score (nSPS) is 11.1. The molecule has 8 nitrogen and oxygen atoms in total. The van der Waals surface area contributed by atoms with Crippen molar-refractivity contribution in [2.75, 3.05) is 6.61 Å². The molecule has 1 atom stereocenters. The summed E-state index contributed by atoms with van der Waals surface area (Å²) >= 11 is 11.7. The number of hydrogen-bond donors (Lipinski definition) is 3. The lowest BCUT2D eigenvalue weighted by molar-refractivity contribution is -0.150. The van der Waals surface area contributed by atoms with Crippen molar-refractivity contribution < 1.29 is 23.9 Å². The van der Waals surface area contributed by atoms with Gasteiger partial charge >= 0.3 is 5.97 Å². The Morgan fingerprint density at radius 3 is 2.24 bits per heavy atom. The molecule has 0 aliphatic carbocycles. The molecule has 0 unspecified atom stereocenters. The summed E-state index contributed by atoms with van der Waals surface area (Å²) in [5, 5.41) is 3.13. The van der Waals surface area contributed by atoms with E-state index in [-0.39, 0.29) is 16.1 Å². The maximum Gasteiger partial charge on any atom is 0.328 e. The summed E-state index contributed by atoms with van der Waals surface area (Å²) in [5.41, 5.74) is 4.77. The van der Waals surface area contributed by atoms with Crippen LogP contribution in [0, 0.1) is 0 Å². The van der Waals surface area contributed by atoms with E-state index < -0.39 is 36.3 Å². The predicted molar refractivity (Wildman–Crippen MR) is 106 cm³/mol. The maximum absolute atomic E-state index is 12.1. The highest BCUT2D eigenvalue weighted by Crippen LogP contribution is 2.14. The van der Waals surface area contributed by atoms with E-state index in [9.17, 15) is 19.2 Å². The molecular formula is C19H17Cl2N3O5. The first-order chi connectivity index (χ1) is 13.8. The van der Waals surface area contributed by atoms with Crippen LogP contribution in [0.2, 0.25) is 10.0 Å². The number of benzene rings is 2. The van der Waals surface area contributed by atoms with Crippen LogP contribution in [0.25, 0.3) is 0 Å². The number of nitrogens with one attached hydrogen (secondary N) is 3. The maximum atomic E-state index is 12.1. The SMILES string of the molecule is C[C@H](NC(=O)c1ccccc1Cl)C(=O)OCC(=O)NNC(=O)c1ccc(Cl)cc1. The Hall–Kier alpha value is -3.10. The molecule has 0 aliphatic heterocycles. The van der Waals surface area contributed by atoms with E-state index in [1.165, 1.54) is 37.3 Å². The number of esters is 1. The first-order valence-electron chi connectivity index (χ1n) is 8.34. The van der Waals surface area contributed by atoms with Gasteiger partial charge in [0.25, 0.3) is 17.7 Å². The van der Waals surface area contributed by atoms with Crippen LogP contribution in [-0.2, 0) is 14.3 Å². The van der Waals surface area contributed by atoms with Gasteiger partial charge in [-0.15, -0.1) is 0 Å². The minimum absolute atomic E-state index is 0.205. The molecular weight excluding hydrogens is 421 g/mol. The number of carbonyl (C=O) groups is 4. The van der Waals surface area contributed by atoms with Crippen LogP contribution < -0.4 is 16.2 Å². The smallest absolute Gasteiger partial charge is 0.328 e. The van der Waals surface area contributed by atoms with E-state index in [2.05, 4.69) is 16.2 Å². The largest absolute Gasteiger partial charge is 0.454 e. The van der Waals surface area contributed by atoms with Gasteiger partial charge in [-0.2, -0.15) is 0 Å². The Morgan fingerprint density at radius 1 is 0.931 bits per heavy atom. The molecule has 0 spiro atoms. The van der Waals surface area contributed by atoms with Crippen molar-refractivity contribution >= 4 is 46.9 Å². The van der Waals surface area contributed by atoms with E-state index in [1.807, 2.05) is 0 Å². The van der Waals surface area contributed by atoms with Crippen LogP contribution >= 0.6 is 23.2 Å². The van der Waals surface area contributed by atoms with E-state index in [4.69, 9.17) is 27.9 Å². The standard InChI is InChI=1S/C19H17Cl2N3O5/c1-11(22-18(27)14-4-2-3-5-15(14)21)19(28)29-10-16(25)23-24-17(26)12-6-8-13(20)9-7-12/h2-9,11H,10H2,1H3,(H,22,27)(H,23,25)(H,24,26)/t11-/m0/s1. The minimum Gasteiger partial charge on any atom is -0.454 e. The van der Waals surface area contributed by atoms with Crippen LogP contribution in [0.3, 0.4) is 0 Å². The zero-order valence-electron chi connectivity index (χ0n) is 15.2. The number of hydrogen-bond acceptors (Lipinski definition) is 5. The number of hydrazine groups is 1. The third kappa shape index (κ3) is 6.78. The number of halogens is 2. The van der Waals surface area contributed by atoms with Gasteiger partial charge in [-0.1, -0.05) is 35.3 Å². The summed E-state index contributed by atoms with van der Waals surface area (Å²) in [6.07, 6.45) is 0. The zero-order chi connectivity index (χ0) is 21.4. The van der Waals surface area contributed by atoms with Crippen LogP contribution in [0.1, 0.15) is 27.6 Å². The Labute approximate surface area is 176 Å². The fourth-order valence-electron chi connectivity index (χ4n) is 2.08. The third-order valence-electron chi connectivity index (χ3n) is 3.59. The zero-order valence-corrected chi connectivity index (χ0v) is 16.7. The number of rotatable bonds is 6. The molecule has 0 saturated heterocycles. The summed E-state index contributed by atoms with van der Waals surface area (Å²) in [5.74, 6) is -2.71. The highest BCUT2D eigenvalue weighted by Gasteiger charge is 2.20. The summed E-state index contributed by atoms with van der Waals surface area (Å²) in [6, 6.07) is 11.3. The Morgan fingerprint density at radius 2 is 1.59 bits per heavy atom. The number of ether oxygens (including phenoxy) is 1. The van der Waals surface area contributed by atoms with Crippen molar-refractivity contribution in [3.8, 4) is 0 Å². The quantitative estimate of drug-likeness (QED) is 0.472. The summed E-state index contributed by atoms with van der Waals surface area (Å²) < 4.78 is 4.82. The molecule has 0 heterocycles. The van der Waals surface area contributed by atoms with Gasteiger partial charge in [-0.3, -0.25) is 25.2 Å². The van der Waals surface area contributed by atoms with Gasteiger partial charge in [-0.25, -0.2) is 4.79 Å². The first kappa shape index (κ1) is 22.2. The van der Waals surface area contributed by atoms with E-state index in [1.54, 1.807) is 18.2 Å². The van der Waals surface area contributed by atoms with Crippen molar-refractivity contribution in [1.29, 1.82) is 0 Å². The van der Waals surface area contributed by atoms with Crippen molar-refractivity contribution in [3.05, 3.63) is 69.7 Å². The van der Waals surface area contributed by atoms with Crippen molar-refractivity contribution in [1.82, 2.24) is 16.2 Å². The number of carbonyl (C=O) groups excluding carboxylic acids is 4. The number of amides is 3. The molecule has 2 rings (SSSR count). The van der Waals surface area contributed by atoms with Crippen LogP contribution in [-0.4, -0.2) is 36.3 Å². The van der Waals surface area contributed by atoms with Crippen LogP contribution in [0.15, 0.2) is 48.5 Å². The van der Waals surface area contributed by atoms with Crippen LogP contribution in [0.4, 0.5) is 0 Å². The van der Waals surface area contributed by atoms with Crippen molar-refractivity contribution in [3.63, 3.8) is 0 Å². The molecule has 0 aliphatic rings. The minimum atomic E-state index is -1.02. The van der Waals surface area contributed by atoms with Gasteiger partial charge in [0, 0.05) is 10.6 Å². The molecule has 2 aromatic carbocycles. The van der Waals surface area contributed by atoms with Crippen LogP contribution in [0.5, 0.6) is 0 Å². The molecule has 152 valence electrons. The molecule has 2 aromatic rings. The fourth-order valence-corrected chi connectivity index (χ4v) is 2.42. The third-order valence-corrected chi connectivity index (χ3v) is 4.17. The molecule has 0 radical (unpaired) electrons. The van der Waals surface area contributed by atoms with E-state index in [0.29, 0.717) is 5.02 Å². The Kier molecular flexibility index (Phi) is 7.99. The lowest BCUT2D eigenvalue weighted by Crippen LogP contribution is -2.45. The van der Waals surface area contributed by atoms with Gasteiger partial charge in [0.05, 0.1) is 10.6 Å². The highest BCUT2D eigenvalue weighted by atomic mass is 35.5. The molecule has 10 heteroatoms.